The molecule has 0 radical (unpaired) electrons. The van der Waals surface area contributed by atoms with Crippen LogP contribution in [0.2, 0.25) is 0 Å². The Bertz CT molecular complexity index is 318. The maximum Gasteiger partial charge on any atom is 0.236 e. The maximum atomic E-state index is 12.6. The minimum atomic E-state index is 0.289. The van der Waals surface area contributed by atoms with Crippen LogP contribution in [0.3, 0.4) is 0 Å². The van der Waals surface area contributed by atoms with Crippen LogP contribution in [0.4, 0.5) is 0 Å². The molecule has 1 atom stereocenters. The number of likely N-dealkylation sites (tertiary alicyclic amines) is 1. The Hall–Kier alpha value is -0.610. The van der Waals surface area contributed by atoms with Crippen LogP contribution >= 0.6 is 0 Å². The summed E-state index contributed by atoms with van der Waals surface area (Å²) in [5.74, 6) is 0.973. The molecule has 1 unspecified atom stereocenters. The zero-order valence-corrected chi connectivity index (χ0v) is 13.9. The fourth-order valence-electron chi connectivity index (χ4n) is 3.95. The minimum absolute atomic E-state index is 0.289. The molecule has 4 nitrogen and oxygen atoms in total. The lowest BCUT2D eigenvalue weighted by molar-refractivity contribution is -0.135. The van der Waals surface area contributed by atoms with E-state index in [4.69, 9.17) is 5.73 Å². The van der Waals surface area contributed by atoms with Gasteiger partial charge in [-0.3, -0.25) is 9.69 Å². The molecular weight excluding hydrogens is 262 g/mol. The van der Waals surface area contributed by atoms with E-state index in [1.807, 2.05) is 0 Å². The van der Waals surface area contributed by atoms with E-state index in [0.29, 0.717) is 24.4 Å². The zero-order valence-electron chi connectivity index (χ0n) is 13.9. The number of piperidine rings is 1. The van der Waals surface area contributed by atoms with Crippen LogP contribution in [0, 0.1) is 5.92 Å². The third-order valence-electron chi connectivity index (χ3n) is 5.41. The molecule has 1 saturated heterocycles. The van der Waals surface area contributed by atoms with Crippen LogP contribution in [0.5, 0.6) is 0 Å². The number of nitrogens with two attached hydrogens (primary N) is 1. The van der Waals surface area contributed by atoms with Crippen LogP contribution in [0.25, 0.3) is 0 Å². The van der Waals surface area contributed by atoms with Crippen LogP contribution in [0.15, 0.2) is 0 Å². The third kappa shape index (κ3) is 4.68. The zero-order chi connectivity index (χ0) is 15.2. The first-order chi connectivity index (χ1) is 10.1. The summed E-state index contributed by atoms with van der Waals surface area (Å²) in [6.07, 6.45) is 8.59. The predicted molar refractivity (Wildman–Crippen MR) is 87.1 cm³/mol. The molecule has 0 aromatic carbocycles. The van der Waals surface area contributed by atoms with Crippen molar-refractivity contribution in [2.24, 2.45) is 11.7 Å². The summed E-state index contributed by atoms with van der Waals surface area (Å²) < 4.78 is 0. The van der Waals surface area contributed by atoms with Crippen molar-refractivity contribution in [3.63, 3.8) is 0 Å². The molecule has 2 N–H and O–H groups in total. The van der Waals surface area contributed by atoms with E-state index in [1.165, 1.54) is 32.1 Å². The van der Waals surface area contributed by atoms with Crippen molar-refractivity contribution in [3.05, 3.63) is 0 Å². The summed E-state index contributed by atoms with van der Waals surface area (Å²) in [5, 5.41) is 0. The summed E-state index contributed by atoms with van der Waals surface area (Å²) in [5.41, 5.74) is 5.99. The second-order valence-electron chi connectivity index (χ2n) is 6.94. The van der Waals surface area contributed by atoms with E-state index in [9.17, 15) is 4.79 Å². The Morgan fingerprint density at radius 1 is 1.19 bits per heavy atom. The Balaban J connectivity index is 1.80. The topological polar surface area (TPSA) is 49.6 Å². The van der Waals surface area contributed by atoms with Crippen molar-refractivity contribution in [1.29, 1.82) is 0 Å². The van der Waals surface area contributed by atoms with Gasteiger partial charge in [0.1, 0.15) is 0 Å². The van der Waals surface area contributed by atoms with Gasteiger partial charge in [-0.15, -0.1) is 0 Å². The summed E-state index contributed by atoms with van der Waals surface area (Å²) in [4.78, 5) is 17.1. The van der Waals surface area contributed by atoms with Gasteiger partial charge < -0.3 is 10.6 Å². The van der Waals surface area contributed by atoms with Crippen molar-refractivity contribution in [2.75, 3.05) is 26.2 Å². The Labute approximate surface area is 130 Å². The van der Waals surface area contributed by atoms with E-state index in [2.05, 4.69) is 23.6 Å². The largest absolute Gasteiger partial charge is 0.339 e. The Morgan fingerprint density at radius 3 is 2.33 bits per heavy atom. The number of likely N-dealkylation sites (N-methyl/N-ethyl adjacent to an activating group) is 1. The standard InChI is InChI=1S/C17H33N3O/c1-3-20(16-7-5-4-6-8-16)17(21)13-19-11-9-15(10-12-19)14(2)18/h14-16H,3-13,18H2,1-2H3. The minimum Gasteiger partial charge on any atom is -0.339 e. The molecule has 0 bridgehead atoms. The van der Waals surface area contributed by atoms with Gasteiger partial charge in [-0.25, -0.2) is 0 Å². The van der Waals surface area contributed by atoms with Gasteiger partial charge in [0.05, 0.1) is 6.54 Å². The lowest BCUT2D eigenvalue weighted by atomic mass is 9.91. The van der Waals surface area contributed by atoms with E-state index in [0.717, 1.165) is 32.5 Å². The van der Waals surface area contributed by atoms with Crippen LogP contribution in [0.1, 0.15) is 58.8 Å². The number of rotatable bonds is 5. The third-order valence-corrected chi connectivity index (χ3v) is 5.41. The molecule has 1 aliphatic carbocycles. The molecule has 122 valence electrons. The highest BCUT2D eigenvalue weighted by atomic mass is 16.2. The van der Waals surface area contributed by atoms with Crippen LogP contribution in [-0.2, 0) is 4.79 Å². The van der Waals surface area contributed by atoms with Gasteiger partial charge >= 0.3 is 0 Å². The first-order valence-electron chi connectivity index (χ1n) is 8.89. The SMILES string of the molecule is CCN(C(=O)CN1CCC(C(C)N)CC1)C1CCCCC1. The van der Waals surface area contributed by atoms with Crippen LogP contribution in [-0.4, -0.2) is 54.0 Å². The van der Waals surface area contributed by atoms with E-state index in [1.54, 1.807) is 0 Å². The number of carbonyl (C=O) groups is 1. The number of carbonyl (C=O) groups excluding carboxylic acids is 1. The van der Waals surface area contributed by atoms with Gasteiger partial charge in [-0.2, -0.15) is 0 Å². The molecular formula is C17H33N3O. The molecule has 0 aromatic heterocycles. The fourth-order valence-corrected chi connectivity index (χ4v) is 3.95. The fraction of sp³-hybridized carbons (Fsp3) is 0.941. The van der Waals surface area contributed by atoms with Crippen molar-refractivity contribution < 1.29 is 4.79 Å². The number of hydrogen-bond donors (Lipinski definition) is 1. The average Bonchev–Trinajstić information content (AvgIpc) is 2.49. The molecule has 1 aliphatic heterocycles. The van der Waals surface area contributed by atoms with Crippen molar-refractivity contribution in [1.82, 2.24) is 9.80 Å². The predicted octanol–water partition coefficient (Wildman–Crippen LogP) is 2.23. The molecule has 1 amide bonds. The quantitative estimate of drug-likeness (QED) is 0.846. The molecule has 2 aliphatic rings. The maximum absolute atomic E-state index is 12.6. The van der Waals surface area contributed by atoms with E-state index < -0.39 is 0 Å². The van der Waals surface area contributed by atoms with Gasteiger partial charge in [0.25, 0.3) is 0 Å². The first kappa shape index (κ1) is 16.8. The number of amides is 1. The van der Waals surface area contributed by atoms with Gasteiger partial charge in [0.2, 0.25) is 5.91 Å². The summed E-state index contributed by atoms with van der Waals surface area (Å²) >= 11 is 0. The van der Waals surface area contributed by atoms with Gasteiger partial charge in [-0.05, 0) is 58.5 Å². The monoisotopic (exact) mass is 295 g/mol. The second kappa shape index (κ2) is 8.14. The Morgan fingerprint density at radius 2 is 1.81 bits per heavy atom. The highest BCUT2D eigenvalue weighted by Crippen LogP contribution is 2.23. The normalized spacial score (nSPS) is 24.0. The molecule has 0 spiro atoms. The highest BCUT2D eigenvalue weighted by molar-refractivity contribution is 5.78. The molecule has 1 saturated carbocycles. The average molecular weight is 295 g/mol. The molecule has 21 heavy (non-hydrogen) atoms. The molecule has 2 rings (SSSR count). The van der Waals surface area contributed by atoms with E-state index in [-0.39, 0.29) is 6.04 Å². The van der Waals surface area contributed by atoms with Gasteiger partial charge in [0, 0.05) is 18.6 Å². The van der Waals surface area contributed by atoms with Crippen molar-refractivity contribution in [2.45, 2.75) is 70.9 Å². The molecule has 0 aromatic rings. The smallest absolute Gasteiger partial charge is 0.236 e. The van der Waals surface area contributed by atoms with E-state index >= 15 is 0 Å². The summed E-state index contributed by atoms with van der Waals surface area (Å²) in [6.45, 7) is 7.75. The lowest BCUT2D eigenvalue weighted by Crippen LogP contribution is -2.48. The first-order valence-corrected chi connectivity index (χ1v) is 8.89. The van der Waals surface area contributed by atoms with Crippen molar-refractivity contribution in [3.8, 4) is 0 Å². The van der Waals surface area contributed by atoms with Gasteiger partial charge in [-0.1, -0.05) is 19.3 Å². The van der Waals surface area contributed by atoms with Crippen LogP contribution < -0.4 is 5.73 Å². The summed E-state index contributed by atoms with van der Waals surface area (Å²) in [6, 6.07) is 0.787. The van der Waals surface area contributed by atoms with Crippen molar-refractivity contribution >= 4 is 5.91 Å². The highest BCUT2D eigenvalue weighted by Gasteiger charge is 2.27. The summed E-state index contributed by atoms with van der Waals surface area (Å²) in [7, 11) is 0. The second-order valence-corrected chi connectivity index (χ2v) is 6.94. The number of nitrogens with zero attached hydrogens (tertiary/aromatic N) is 2. The molecule has 2 fully saturated rings. The molecule has 4 heteroatoms. The lowest BCUT2D eigenvalue weighted by Gasteiger charge is -2.37. The van der Waals surface area contributed by atoms with Gasteiger partial charge in [0.15, 0.2) is 0 Å². The molecule has 1 heterocycles. The number of hydrogen-bond acceptors (Lipinski definition) is 3. The Kier molecular flexibility index (Phi) is 6.49.